The molecule has 0 aromatic heterocycles. The van der Waals surface area contributed by atoms with Gasteiger partial charge in [-0.2, -0.15) is 0 Å². The summed E-state index contributed by atoms with van der Waals surface area (Å²) in [5.74, 6) is -0.787. The molecule has 0 amide bonds. The molecular formula is C12H19FN2O2S. The number of nitrogen functional groups attached to an aromatic ring is 1. The van der Waals surface area contributed by atoms with Crippen LogP contribution in [0.15, 0.2) is 23.1 Å². The van der Waals surface area contributed by atoms with Crippen molar-refractivity contribution in [1.82, 2.24) is 4.72 Å². The van der Waals surface area contributed by atoms with Gasteiger partial charge in [0, 0.05) is 12.2 Å². The molecule has 1 aromatic rings. The van der Waals surface area contributed by atoms with E-state index in [1.807, 2.05) is 0 Å². The third-order valence-electron chi connectivity index (χ3n) is 2.57. The fourth-order valence-electron chi connectivity index (χ4n) is 1.56. The predicted octanol–water partition coefficient (Wildman–Crippen LogP) is 2.27. The van der Waals surface area contributed by atoms with Crippen LogP contribution in [0, 0.1) is 5.82 Å². The average molecular weight is 274 g/mol. The number of nitrogens with two attached hydrogens (primary N) is 1. The van der Waals surface area contributed by atoms with Crippen LogP contribution in [0.5, 0.6) is 0 Å². The molecule has 1 aromatic carbocycles. The number of anilines is 1. The van der Waals surface area contributed by atoms with Crippen molar-refractivity contribution in [3.05, 3.63) is 24.0 Å². The lowest BCUT2D eigenvalue weighted by Crippen LogP contribution is -2.25. The Bertz CT molecular complexity index is 489. The van der Waals surface area contributed by atoms with Gasteiger partial charge in [-0.05, 0) is 24.6 Å². The highest BCUT2D eigenvalue weighted by Crippen LogP contribution is 2.17. The first-order valence-electron chi connectivity index (χ1n) is 6.02. The predicted molar refractivity (Wildman–Crippen MR) is 70.1 cm³/mol. The van der Waals surface area contributed by atoms with Crippen molar-refractivity contribution in [2.75, 3.05) is 12.3 Å². The number of unbranched alkanes of at least 4 members (excludes halogenated alkanes) is 3. The summed E-state index contributed by atoms with van der Waals surface area (Å²) in [6, 6.07) is 3.51. The van der Waals surface area contributed by atoms with Gasteiger partial charge < -0.3 is 5.73 Å². The van der Waals surface area contributed by atoms with Gasteiger partial charge in [-0.1, -0.05) is 26.2 Å². The van der Waals surface area contributed by atoms with Crippen LogP contribution < -0.4 is 10.5 Å². The standard InChI is InChI=1S/C12H19FN2O2S/c1-2-3-4-5-8-15-18(16,17)12-9-10(14)6-7-11(12)13/h6-7,9,15H,2-5,8,14H2,1H3. The zero-order valence-corrected chi connectivity index (χ0v) is 11.3. The van der Waals surface area contributed by atoms with Crippen LogP contribution in [-0.4, -0.2) is 15.0 Å². The number of nitrogens with one attached hydrogen (secondary N) is 1. The molecule has 4 nitrogen and oxygen atoms in total. The number of hydrogen-bond donors (Lipinski definition) is 2. The first kappa shape index (κ1) is 14.9. The van der Waals surface area contributed by atoms with Gasteiger partial charge in [-0.3, -0.25) is 0 Å². The van der Waals surface area contributed by atoms with Crippen molar-refractivity contribution in [1.29, 1.82) is 0 Å². The Morgan fingerprint density at radius 2 is 2.00 bits per heavy atom. The maximum absolute atomic E-state index is 13.4. The lowest BCUT2D eigenvalue weighted by Gasteiger charge is -2.08. The molecule has 0 bridgehead atoms. The molecule has 0 heterocycles. The minimum Gasteiger partial charge on any atom is -0.399 e. The Balaban J connectivity index is 2.66. The molecule has 0 radical (unpaired) electrons. The van der Waals surface area contributed by atoms with Crippen LogP contribution in [0.4, 0.5) is 10.1 Å². The fourth-order valence-corrected chi connectivity index (χ4v) is 2.75. The second-order valence-electron chi connectivity index (χ2n) is 4.15. The van der Waals surface area contributed by atoms with Gasteiger partial charge in [0.05, 0.1) is 0 Å². The quantitative estimate of drug-likeness (QED) is 0.592. The number of hydrogen-bond acceptors (Lipinski definition) is 3. The number of sulfonamides is 1. The third kappa shape index (κ3) is 4.27. The summed E-state index contributed by atoms with van der Waals surface area (Å²) >= 11 is 0. The molecule has 6 heteroatoms. The monoisotopic (exact) mass is 274 g/mol. The molecule has 0 fully saturated rings. The number of halogens is 1. The van der Waals surface area contributed by atoms with Gasteiger partial charge >= 0.3 is 0 Å². The minimum absolute atomic E-state index is 0.225. The Kier molecular flexibility index (Phi) is 5.55. The van der Waals surface area contributed by atoms with E-state index in [0.717, 1.165) is 37.8 Å². The second-order valence-corrected chi connectivity index (χ2v) is 5.88. The molecule has 0 aliphatic carbocycles. The Morgan fingerprint density at radius 1 is 1.28 bits per heavy atom. The maximum atomic E-state index is 13.4. The van der Waals surface area contributed by atoms with E-state index >= 15 is 0 Å². The molecule has 102 valence electrons. The molecule has 0 spiro atoms. The van der Waals surface area contributed by atoms with Crippen molar-refractivity contribution in [2.24, 2.45) is 0 Å². The van der Waals surface area contributed by atoms with Gasteiger partial charge in [0.15, 0.2) is 0 Å². The normalized spacial score (nSPS) is 11.7. The van der Waals surface area contributed by atoms with E-state index in [9.17, 15) is 12.8 Å². The van der Waals surface area contributed by atoms with Crippen LogP contribution >= 0.6 is 0 Å². The van der Waals surface area contributed by atoms with E-state index in [1.165, 1.54) is 6.07 Å². The van der Waals surface area contributed by atoms with Crippen molar-refractivity contribution in [2.45, 2.75) is 37.5 Å². The lowest BCUT2D eigenvalue weighted by atomic mass is 10.2. The summed E-state index contributed by atoms with van der Waals surface area (Å²) in [6.07, 6.45) is 3.85. The molecule has 0 unspecified atom stereocenters. The summed E-state index contributed by atoms with van der Waals surface area (Å²) in [5.41, 5.74) is 5.68. The lowest BCUT2D eigenvalue weighted by molar-refractivity contribution is 0.553. The maximum Gasteiger partial charge on any atom is 0.243 e. The molecule has 0 aliphatic heterocycles. The SMILES string of the molecule is CCCCCCNS(=O)(=O)c1cc(N)ccc1F. The van der Waals surface area contributed by atoms with E-state index in [4.69, 9.17) is 5.73 Å². The van der Waals surface area contributed by atoms with Crippen LogP contribution in [0.2, 0.25) is 0 Å². The molecule has 0 atom stereocenters. The Labute approximate surface area is 107 Å². The molecule has 0 aliphatic rings. The summed E-state index contributed by atoms with van der Waals surface area (Å²) < 4.78 is 39.5. The van der Waals surface area contributed by atoms with E-state index in [2.05, 4.69) is 11.6 Å². The Morgan fingerprint density at radius 3 is 2.67 bits per heavy atom. The molecule has 18 heavy (non-hydrogen) atoms. The number of benzene rings is 1. The van der Waals surface area contributed by atoms with Crippen molar-refractivity contribution >= 4 is 15.7 Å². The molecule has 1 rings (SSSR count). The molecular weight excluding hydrogens is 255 g/mol. The summed E-state index contributed by atoms with van der Waals surface area (Å²) in [4.78, 5) is -0.391. The van der Waals surface area contributed by atoms with Crippen LogP contribution in [0.25, 0.3) is 0 Å². The van der Waals surface area contributed by atoms with Crippen molar-refractivity contribution < 1.29 is 12.8 Å². The minimum atomic E-state index is -3.81. The highest BCUT2D eigenvalue weighted by molar-refractivity contribution is 7.89. The molecule has 3 N–H and O–H groups in total. The van der Waals surface area contributed by atoms with Crippen LogP contribution in [-0.2, 0) is 10.0 Å². The van der Waals surface area contributed by atoms with Crippen LogP contribution in [0.3, 0.4) is 0 Å². The van der Waals surface area contributed by atoms with Gasteiger partial charge in [-0.15, -0.1) is 0 Å². The zero-order chi connectivity index (χ0) is 13.6. The fraction of sp³-hybridized carbons (Fsp3) is 0.500. The van der Waals surface area contributed by atoms with Gasteiger partial charge in [-0.25, -0.2) is 17.5 Å². The van der Waals surface area contributed by atoms with Gasteiger partial charge in [0.2, 0.25) is 10.0 Å². The van der Waals surface area contributed by atoms with Crippen molar-refractivity contribution in [3.63, 3.8) is 0 Å². The van der Waals surface area contributed by atoms with E-state index in [1.54, 1.807) is 0 Å². The van der Waals surface area contributed by atoms with Gasteiger partial charge in [0.25, 0.3) is 0 Å². The zero-order valence-electron chi connectivity index (χ0n) is 10.4. The topological polar surface area (TPSA) is 72.2 Å². The average Bonchev–Trinajstić information content (AvgIpc) is 2.32. The summed E-state index contributed by atoms with van der Waals surface area (Å²) in [5, 5.41) is 0. The number of rotatable bonds is 7. The highest BCUT2D eigenvalue weighted by Gasteiger charge is 2.18. The van der Waals surface area contributed by atoms with E-state index in [0.29, 0.717) is 6.54 Å². The van der Waals surface area contributed by atoms with E-state index < -0.39 is 20.7 Å². The third-order valence-corrected chi connectivity index (χ3v) is 4.04. The van der Waals surface area contributed by atoms with Gasteiger partial charge in [0.1, 0.15) is 10.7 Å². The Hall–Kier alpha value is -1.14. The van der Waals surface area contributed by atoms with Crippen LogP contribution in [0.1, 0.15) is 32.6 Å². The molecule has 0 saturated carbocycles. The summed E-state index contributed by atoms with van der Waals surface area (Å²) in [7, 11) is -3.81. The smallest absolute Gasteiger partial charge is 0.243 e. The highest BCUT2D eigenvalue weighted by atomic mass is 32.2. The summed E-state index contributed by atoms with van der Waals surface area (Å²) in [6.45, 7) is 2.39. The first-order chi connectivity index (χ1) is 8.47. The first-order valence-corrected chi connectivity index (χ1v) is 7.50. The molecule has 0 saturated heterocycles. The largest absolute Gasteiger partial charge is 0.399 e. The van der Waals surface area contributed by atoms with E-state index in [-0.39, 0.29) is 5.69 Å². The van der Waals surface area contributed by atoms with Crippen molar-refractivity contribution in [3.8, 4) is 0 Å². The second kappa shape index (κ2) is 6.70.